The number of hydrogen-bond acceptors (Lipinski definition) is 4. The van der Waals surface area contributed by atoms with Gasteiger partial charge in [-0.15, -0.1) is 0 Å². The molecule has 0 fully saturated rings. The molecule has 1 aromatic heterocycles. The lowest BCUT2D eigenvalue weighted by molar-refractivity contribution is 0.0743. The molecular weight excluding hydrogens is 354 g/mol. The van der Waals surface area contributed by atoms with Gasteiger partial charge in [-0.1, -0.05) is 24.3 Å². The lowest BCUT2D eigenvalue weighted by Crippen LogP contribution is -2.30. The molecular formula is C22H23N3O3. The number of aryl methyl sites for hydroxylation is 1. The number of carbonyl (C=O) groups is 1. The highest BCUT2D eigenvalue weighted by atomic mass is 16.6. The minimum absolute atomic E-state index is 0.0546. The molecule has 4 rings (SSSR count). The standard InChI is InChI=1S/C22H23N3O3/c1-15(16-8-9-19-20(14-16)28-13-12-27-19)25(3)22(26)18-7-5-4-6-17(18)21-23-10-11-24(21)2/h4-11,14-15H,12-13H2,1-3H3. The molecule has 2 heterocycles. The fourth-order valence-corrected chi connectivity index (χ4v) is 3.40. The largest absolute Gasteiger partial charge is 0.486 e. The molecule has 0 radical (unpaired) electrons. The normalized spacial score (nSPS) is 13.8. The zero-order chi connectivity index (χ0) is 19.7. The van der Waals surface area contributed by atoms with E-state index in [0.717, 1.165) is 28.5 Å². The van der Waals surface area contributed by atoms with Crippen LogP contribution in [0.4, 0.5) is 0 Å². The van der Waals surface area contributed by atoms with Crippen LogP contribution in [0.15, 0.2) is 54.9 Å². The van der Waals surface area contributed by atoms with Crippen LogP contribution in [0.1, 0.15) is 28.9 Å². The quantitative estimate of drug-likeness (QED) is 0.696. The van der Waals surface area contributed by atoms with Crippen molar-refractivity contribution in [1.29, 1.82) is 0 Å². The Morgan fingerprint density at radius 1 is 1.14 bits per heavy atom. The van der Waals surface area contributed by atoms with Gasteiger partial charge in [-0.3, -0.25) is 4.79 Å². The van der Waals surface area contributed by atoms with E-state index in [0.29, 0.717) is 18.8 Å². The Hall–Kier alpha value is -3.28. The van der Waals surface area contributed by atoms with Crippen molar-refractivity contribution >= 4 is 5.91 Å². The molecule has 0 aliphatic carbocycles. The topological polar surface area (TPSA) is 56.6 Å². The summed E-state index contributed by atoms with van der Waals surface area (Å²) in [5.41, 5.74) is 2.44. The molecule has 0 saturated heterocycles. The van der Waals surface area contributed by atoms with E-state index in [-0.39, 0.29) is 11.9 Å². The Balaban J connectivity index is 1.63. The van der Waals surface area contributed by atoms with Crippen LogP contribution in [-0.4, -0.2) is 40.6 Å². The molecule has 0 N–H and O–H groups in total. The number of carbonyl (C=O) groups excluding carboxylic acids is 1. The van der Waals surface area contributed by atoms with Crippen LogP contribution < -0.4 is 9.47 Å². The van der Waals surface area contributed by atoms with Crippen LogP contribution in [0.2, 0.25) is 0 Å². The Bertz CT molecular complexity index is 1010. The summed E-state index contributed by atoms with van der Waals surface area (Å²) in [6.07, 6.45) is 3.61. The van der Waals surface area contributed by atoms with Gasteiger partial charge in [-0.05, 0) is 30.7 Å². The third kappa shape index (κ3) is 3.22. The Morgan fingerprint density at radius 2 is 1.89 bits per heavy atom. The minimum Gasteiger partial charge on any atom is -0.486 e. The highest BCUT2D eigenvalue weighted by molar-refractivity contribution is 6.00. The maximum absolute atomic E-state index is 13.3. The number of rotatable bonds is 4. The van der Waals surface area contributed by atoms with Gasteiger partial charge in [0, 0.05) is 32.1 Å². The molecule has 1 aliphatic rings. The molecule has 1 unspecified atom stereocenters. The van der Waals surface area contributed by atoms with E-state index in [1.54, 1.807) is 11.1 Å². The molecule has 6 heteroatoms. The number of hydrogen-bond donors (Lipinski definition) is 0. The second-order valence-electron chi connectivity index (χ2n) is 6.90. The highest BCUT2D eigenvalue weighted by Gasteiger charge is 2.24. The van der Waals surface area contributed by atoms with Crippen LogP contribution >= 0.6 is 0 Å². The van der Waals surface area contributed by atoms with Gasteiger partial charge >= 0.3 is 0 Å². The van der Waals surface area contributed by atoms with Crippen molar-refractivity contribution in [3.63, 3.8) is 0 Å². The van der Waals surface area contributed by atoms with Crippen molar-refractivity contribution in [2.45, 2.75) is 13.0 Å². The lowest BCUT2D eigenvalue weighted by Gasteiger charge is -2.27. The summed E-state index contributed by atoms with van der Waals surface area (Å²) in [5, 5.41) is 0. The van der Waals surface area contributed by atoms with Crippen molar-refractivity contribution < 1.29 is 14.3 Å². The second kappa shape index (κ2) is 7.38. The molecule has 2 aromatic carbocycles. The van der Waals surface area contributed by atoms with Gasteiger partial charge in [-0.25, -0.2) is 4.98 Å². The first-order chi connectivity index (χ1) is 13.6. The first-order valence-electron chi connectivity index (χ1n) is 9.29. The number of nitrogens with zero attached hydrogens (tertiary/aromatic N) is 3. The van der Waals surface area contributed by atoms with E-state index in [2.05, 4.69) is 4.98 Å². The zero-order valence-corrected chi connectivity index (χ0v) is 16.3. The maximum atomic E-state index is 13.3. The number of aromatic nitrogens is 2. The van der Waals surface area contributed by atoms with Gasteiger partial charge in [0.2, 0.25) is 0 Å². The first kappa shape index (κ1) is 18.1. The van der Waals surface area contributed by atoms with Gasteiger partial charge in [0.25, 0.3) is 5.91 Å². The number of amides is 1. The second-order valence-corrected chi connectivity index (χ2v) is 6.90. The van der Waals surface area contributed by atoms with E-state index in [1.165, 1.54) is 0 Å². The molecule has 0 bridgehead atoms. The van der Waals surface area contributed by atoms with E-state index < -0.39 is 0 Å². The molecule has 28 heavy (non-hydrogen) atoms. The number of ether oxygens (including phenoxy) is 2. The zero-order valence-electron chi connectivity index (χ0n) is 16.3. The molecule has 3 aromatic rings. The Morgan fingerprint density at radius 3 is 2.64 bits per heavy atom. The molecule has 144 valence electrons. The lowest BCUT2D eigenvalue weighted by atomic mass is 10.0. The number of fused-ring (bicyclic) bond motifs is 1. The van der Waals surface area contributed by atoms with Crippen LogP contribution in [0.5, 0.6) is 11.5 Å². The van der Waals surface area contributed by atoms with Crippen molar-refractivity contribution in [2.24, 2.45) is 7.05 Å². The third-order valence-corrected chi connectivity index (χ3v) is 5.17. The summed E-state index contributed by atoms with van der Waals surface area (Å²) < 4.78 is 13.2. The van der Waals surface area contributed by atoms with E-state index in [1.807, 2.05) is 74.2 Å². The molecule has 0 saturated carbocycles. The van der Waals surface area contributed by atoms with Crippen LogP contribution in [-0.2, 0) is 7.05 Å². The third-order valence-electron chi connectivity index (χ3n) is 5.17. The van der Waals surface area contributed by atoms with E-state index in [4.69, 9.17) is 9.47 Å². The van der Waals surface area contributed by atoms with E-state index >= 15 is 0 Å². The van der Waals surface area contributed by atoms with Crippen LogP contribution in [0, 0.1) is 0 Å². The van der Waals surface area contributed by atoms with Crippen molar-refractivity contribution in [1.82, 2.24) is 14.5 Å². The predicted molar refractivity (Wildman–Crippen MR) is 107 cm³/mol. The maximum Gasteiger partial charge on any atom is 0.254 e. The smallest absolute Gasteiger partial charge is 0.254 e. The van der Waals surface area contributed by atoms with Gasteiger partial charge in [0.05, 0.1) is 11.6 Å². The molecule has 1 aliphatic heterocycles. The van der Waals surface area contributed by atoms with Crippen LogP contribution in [0.25, 0.3) is 11.4 Å². The molecule has 1 amide bonds. The molecule has 1 atom stereocenters. The average Bonchev–Trinajstić information content (AvgIpc) is 3.17. The van der Waals surface area contributed by atoms with Crippen molar-refractivity contribution in [3.05, 3.63) is 66.0 Å². The fraction of sp³-hybridized carbons (Fsp3) is 0.273. The monoisotopic (exact) mass is 377 g/mol. The highest BCUT2D eigenvalue weighted by Crippen LogP contribution is 2.34. The Kier molecular flexibility index (Phi) is 4.77. The summed E-state index contributed by atoms with van der Waals surface area (Å²) in [6, 6.07) is 13.3. The minimum atomic E-state index is -0.127. The summed E-state index contributed by atoms with van der Waals surface area (Å²) in [4.78, 5) is 19.5. The number of imidazole rings is 1. The first-order valence-corrected chi connectivity index (χ1v) is 9.29. The summed E-state index contributed by atoms with van der Waals surface area (Å²) >= 11 is 0. The molecule has 6 nitrogen and oxygen atoms in total. The van der Waals surface area contributed by atoms with Crippen LogP contribution in [0.3, 0.4) is 0 Å². The SMILES string of the molecule is CC(c1ccc2c(c1)OCCO2)N(C)C(=O)c1ccccc1-c1nccn1C. The van der Waals surface area contributed by atoms with Crippen molar-refractivity contribution in [3.8, 4) is 22.9 Å². The number of benzene rings is 2. The average molecular weight is 377 g/mol. The summed E-state index contributed by atoms with van der Waals surface area (Å²) in [7, 11) is 3.74. The van der Waals surface area contributed by atoms with Gasteiger partial charge in [0.1, 0.15) is 19.0 Å². The van der Waals surface area contributed by atoms with Gasteiger partial charge in [-0.2, -0.15) is 0 Å². The van der Waals surface area contributed by atoms with E-state index in [9.17, 15) is 4.79 Å². The molecule has 0 spiro atoms. The summed E-state index contributed by atoms with van der Waals surface area (Å²) in [6.45, 7) is 3.10. The van der Waals surface area contributed by atoms with Gasteiger partial charge < -0.3 is 18.9 Å². The fourth-order valence-electron chi connectivity index (χ4n) is 3.40. The van der Waals surface area contributed by atoms with Gasteiger partial charge in [0.15, 0.2) is 11.5 Å². The van der Waals surface area contributed by atoms with Crippen molar-refractivity contribution in [2.75, 3.05) is 20.3 Å². The summed E-state index contributed by atoms with van der Waals surface area (Å²) in [5.74, 6) is 2.19. The predicted octanol–water partition coefficient (Wildman–Crippen LogP) is 3.69. The Labute approximate surface area is 164 Å².